The Morgan fingerprint density at radius 1 is 1.48 bits per heavy atom. The molecule has 0 fully saturated rings. The minimum Gasteiger partial charge on any atom is -0.379 e. The molecule has 21 heavy (non-hydrogen) atoms. The zero-order valence-corrected chi connectivity index (χ0v) is 14.1. The van der Waals surface area contributed by atoms with Gasteiger partial charge in [0.05, 0.1) is 12.8 Å². The fraction of sp³-hybridized carbons (Fsp3) is 0.417. The predicted octanol–water partition coefficient (Wildman–Crippen LogP) is 3.06. The average molecular weight is 354 g/mol. The smallest absolute Gasteiger partial charge is 0.379 e. The first-order valence-corrected chi connectivity index (χ1v) is 9.90. The predicted molar refractivity (Wildman–Crippen MR) is 84.5 cm³/mol. The van der Waals surface area contributed by atoms with E-state index in [1.807, 2.05) is 12.3 Å². The molecule has 9 heteroatoms. The number of halogens is 1. The molecule has 1 aromatic carbocycles. The van der Waals surface area contributed by atoms with Crippen LogP contribution < -0.4 is 5.06 Å². The zero-order valence-electron chi connectivity index (χ0n) is 11.6. The SMILES string of the molecule is CON(c1ccccc1)C(CCSC)C(=O)OP(=O)(O)Cl. The van der Waals surface area contributed by atoms with Gasteiger partial charge in [0.1, 0.15) is 0 Å². The lowest BCUT2D eigenvalue weighted by Crippen LogP contribution is -2.41. The molecule has 118 valence electrons. The molecule has 0 aliphatic heterocycles. The molecule has 0 radical (unpaired) electrons. The maximum absolute atomic E-state index is 12.1. The van der Waals surface area contributed by atoms with E-state index in [0.717, 1.165) is 0 Å². The Balaban J connectivity index is 2.98. The number of carbonyl (C=O) groups is 1. The average Bonchev–Trinajstić information content (AvgIpc) is 2.42. The number of anilines is 1. The minimum atomic E-state index is -4.42. The topological polar surface area (TPSA) is 76.1 Å². The number of benzene rings is 1. The van der Waals surface area contributed by atoms with E-state index in [1.165, 1.54) is 23.9 Å². The van der Waals surface area contributed by atoms with Crippen LogP contribution in [0.5, 0.6) is 0 Å². The standard InChI is InChI=1S/C12H17ClNO5PS/c1-18-14(10-6-4-3-5-7-10)11(8-9-21-2)12(15)19-20(13,16)17/h3-7,11H,8-9H2,1-2H3,(H,16,17). The molecule has 2 unspecified atom stereocenters. The van der Waals surface area contributed by atoms with Crippen molar-refractivity contribution >= 4 is 41.6 Å². The number of nitrogens with zero attached hydrogens (tertiary/aromatic N) is 1. The van der Waals surface area contributed by atoms with E-state index in [0.29, 0.717) is 17.9 Å². The maximum Gasteiger partial charge on any atom is 0.476 e. The molecule has 0 aliphatic rings. The summed E-state index contributed by atoms with van der Waals surface area (Å²) >= 11 is 6.64. The Kier molecular flexibility index (Phi) is 7.56. The van der Waals surface area contributed by atoms with Crippen LogP contribution in [0.4, 0.5) is 5.69 Å². The molecule has 1 aromatic rings. The van der Waals surface area contributed by atoms with Crippen LogP contribution >= 0.6 is 30.0 Å². The third-order valence-electron chi connectivity index (χ3n) is 2.56. The Hall–Kier alpha value is -0.720. The van der Waals surface area contributed by atoms with Crippen molar-refractivity contribution < 1.29 is 23.6 Å². The first-order chi connectivity index (χ1) is 9.89. The van der Waals surface area contributed by atoms with Crippen LogP contribution in [0, 0.1) is 0 Å². The highest BCUT2D eigenvalue weighted by atomic mass is 35.7. The van der Waals surface area contributed by atoms with Gasteiger partial charge in [0.15, 0.2) is 6.04 Å². The van der Waals surface area contributed by atoms with Gasteiger partial charge >= 0.3 is 12.9 Å². The largest absolute Gasteiger partial charge is 0.476 e. The molecule has 0 aliphatic carbocycles. The summed E-state index contributed by atoms with van der Waals surface area (Å²) in [5.41, 5.74) is 0.630. The van der Waals surface area contributed by atoms with E-state index < -0.39 is 19.0 Å². The summed E-state index contributed by atoms with van der Waals surface area (Å²) in [6, 6.07) is 8.04. The Morgan fingerprint density at radius 2 is 2.10 bits per heavy atom. The summed E-state index contributed by atoms with van der Waals surface area (Å²) in [7, 11) is 1.41. The van der Waals surface area contributed by atoms with Gasteiger partial charge in [-0.1, -0.05) is 18.2 Å². The lowest BCUT2D eigenvalue weighted by molar-refractivity contribution is -0.138. The van der Waals surface area contributed by atoms with Gasteiger partial charge in [-0.25, -0.2) is 14.4 Å². The van der Waals surface area contributed by atoms with Gasteiger partial charge in [-0.05, 0) is 30.6 Å². The van der Waals surface area contributed by atoms with E-state index in [1.54, 1.807) is 24.3 Å². The quantitative estimate of drug-likeness (QED) is 0.568. The molecule has 1 N–H and O–H groups in total. The summed E-state index contributed by atoms with van der Waals surface area (Å²) in [6.07, 6.45) is 2.26. The van der Waals surface area contributed by atoms with Gasteiger partial charge < -0.3 is 9.42 Å². The summed E-state index contributed by atoms with van der Waals surface area (Å²) in [5, 5.41) is 1.34. The normalized spacial score (nSPS) is 15.0. The van der Waals surface area contributed by atoms with Crippen LogP contribution in [0.2, 0.25) is 0 Å². The summed E-state index contributed by atoms with van der Waals surface area (Å²) < 4.78 is 15.5. The van der Waals surface area contributed by atoms with Gasteiger partial charge in [0, 0.05) is 11.2 Å². The molecule has 0 heterocycles. The van der Waals surface area contributed by atoms with Gasteiger partial charge in [-0.15, -0.1) is 0 Å². The van der Waals surface area contributed by atoms with Crippen molar-refractivity contribution in [1.29, 1.82) is 0 Å². The first-order valence-electron chi connectivity index (χ1n) is 6.02. The molecule has 1 rings (SSSR count). The number of carbonyl (C=O) groups excluding carboxylic acids is 1. The minimum absolute atomic E-state index is 0.375. The highest BCUT2D eigenvalue weighted by molar-refractivity contribution is 7.98. The number of hydrogen-bond acceptors (Lipinski definition) is 6. The summed E-state index contributed by atoms with van der Waals surface area (Å²) in [4.78, 5) is 26.3. The van der Waals surface area contributed by atoms with Gasteiger partial charge in [-0.2, -0.15) is 11.8 Å². The number of hydrogen-bond donors (Lipinski definition) is 1. The molecule has 0 amide bonds. The van der Waals surface area contributed by atoms with Crippen molar-refractivity contribution in [2.45, 2.75) is 12.5 Å². The summed E-state index contributed by atoms with van der Waals surface area (Å²) in [6.45, 7) is -4.42. The lowest BCUT2D eigenvalue weighted by atomic mass is 10.2. The van der Waals surface area contributed by atoms with Crippen molar-refractivity contribution in [2.75, 3.05) is 24.2 Å². The van der Waals surface area contributed by atoms with Gasteiger partial charge in [0.25, 0.3) is 0 Å². The third kappa shape index (κ3) is 6.28. The second-order valence-corrected chi connectivity index (χ2v) is 7.36. The van der Waals surface area contributed by atoms with E-state index in [4.69, 9.17) is 21.0 Å². The molecule has 0 spiro atoms. The number of thioether (sulfide) groups is 1. The zero-order chi connectivity index (χ0) is 15.9. The molecular formula is C12H17ClNO5PS. The Labute approximate surface area is 132 Å². The maximum atomic E-state index is 12.1. The van der Waals surface area contributed by atoms with Gasteiger partial charge in [-0.3, -0.25) is 4.84 Å². The number of para-hydroxylation sites is 1. The second-order valence-electron chi connectivity index (χ2n) is 4.00. The molecule has 6 nitrogen and oxygen atoms in total. The van der Waals surface area contributed by atoms with E-state index in [-0.39, 0.29) is 0 Å². The highest BCUT2D eigenvalue weighted by Gasteiger charge is 2.32. The van der Waals surface area contributed by atoms with Crippen molar-refractivity contribution in [3.8, 4) is 0 Å². The molecular weight excluding hydrogens is 337 g/mol. The Morgan fingerprint density at radius 3 is 2.57 bits per heavy atom. The third-order valence-corrected chi connectivity index (χ3v) is 3.82. The fourth-order valence-corrected chi connectivity index (χ4v) is 2.73. The van der Waals surface area contributed by atoms with Crippen molar-refractivity contribution in [3.63, 3.8) is 0 Å². The van der Waals surface area contributed by atoms with E-state index in [2.05, 4.69) is 4.52 Å². The number of rotatable bonds is 8. The van der Waals surface area contributed by atoms with E-state index in [9.17, 15) is 9.36 Å². The van der Waals surface area contributed by atoms with Crippen LogP contribution in [-0.2, 0) is 18.7 Å². The molecule has 0 bridgehead atoms. The van der Waals surface area contributed by atoms with Crippen LogP contribution in [0.1, 0.15) is 6.42 Å². The van der Waals surface area contributed by atoms with Crippen molar-refractivity contribution in [2.24, 2.45) is 0 Å². The van der Waals surface area contributed by atoms with Crippen LogP contribution in [0.3, 0.4) is 0 Å². The van der Waals surface area contributed by atoms with Crippen LogP contribution in [0.25, 0.3) is 0 Å². The summed E-state index contributed by atoms with van der Waals surface area (Å²) in [5.74, 6) is -0.264. The van der Waals surface area contributed by atoms with Crippen LogP contribution in [-0.4, -0.2) is 36.0 Å². The van der Waals surface area contributed by atoms with Gasteiger partial charge in [0.2, 0.25) is 0 Å². The monoisotopic (exact) mass is 353 g/mol. The van der Waals surface area contributed by atoms with Crippen LogP contribution in [0.15, 0.2) is 30.3 Å². The molecule has 2 atom stereocenters. The first kappa shape index (κ1) is 18.3. The fourth-order valence-electron chi connectivity index (χ4n) is 1.72. The van der Waals surface area contributed by atoms with E-state index >= 15 is 0 Å². The molecule has 0 saturated carbocycles. The highest BCUT2D eigenvalue weighted by Crippen LogP contribution is 2.48. The second kappa shape index (κ2) is 8.66. The molecule has 0 saturated heterocycles. The Bertz CT molecular complexity index is 498. The number of hydroxylamine groups is 1. The molecule has 0 aromatic heterocycles. The van der Waals surface area contributed by atoms with Crippen molar-refractivity contribution in [1.82, 2.24) is 0 Å². The lowest BCUT2D eigenvalue weighted by Gasteiger charge is -2.29. The van der Waals surface area contributed by atoms with Crippen molar-refractivity contribution in [3.05, 3.63) is 30.3 Å².